The molecule has 5 rings (SSSR count). The van der Waals surface area contributed by atoms with Crippen molar-refractivity contribution in [2.75, 3.05) is 26.2 Å². The molecule has 1 aromatic carbocycles. The third-order valence-corrected chi connectivity index (χ3v) is 4.85. The molecule has 0 aliphatic carbocycles. The van der Waals surface area contributed by atoms with Crippen molar-refractivity contribution in [2.24, 2.45) is 0 Å². The number of nitrogens with zero attached hydrogens (tertiary/aromatic N) is 2. The number of hydrogen-bond acceptors (Lipinski definition) is 3. The molecule has 0 atom stereocenters. The lowest BCUT2D eigenvalue weighted by Gasteiger charge is -2.31. The maximum Gasteiger partial charge on any atom is 0.254 e. The molecule has 114 valence electrons. The van der Waals surface area contributed by atoms with E-state index in [1.165, 1.54) is 0 Å². The maximum atomic E-state index is 12.8. The van der Waals surface area contributed by atoms with Crippen molar-refractivity contribution >= 4 is 5.91 Å². The fourth-order valence-electron chi connectivity index (χ4n) is 3.54. The second-order valence-electron chi connectivity index (χ2n) is 6.13. The largest absolute Gasteiger partial charge is 0.464 e. The van der Waals surface area contributed by atoms with Gasteiger partial charge in [-0.05, 0) is 37.1 Å². The van der Waals surface area contributed by atoms with E-state index in [-0.39, 0.29) is 5.91 Å². The molecule has 0 saturated carbocycles. The van der Waals surface area contributed by atoms with Gasteiger partial charge in [0.2, 0.25) is 0 Å². The summed E-state index contributed by atoms with van der Waals surface area (Å²) >= 11 is 0. The van der Waals surface area contributed by atoms with Gasteiger partial charge in [0, 0.05) is 43.3 Å². The Morgan fingerprint density at radius 2 is 1.77 bits per heavy atom. The van der Waals surface area contributed by atoms with Crippen LogP contribution in [0.15, 0.2) is 47.1 Å². The van der Waals surface area contributed by atoms with Crippen LogP contribution in [0.5, 0.6) is 0 Å². The molecule has 3 fully saturated rings. The molecule has 0 spiro atoms. The van der Waals surface area contributed by atoms with Crippen LogP contribution in [0.3, 0.4) is 0 Å². The van der Waals surface area contributed by atoms with Gasteiger partial charge in [-0.15, -0.1) is 0 Å². The molecule has 3 aliphatic heterocycles. The SMILES string of the molecule is O=C(c1ccc(-c2ccco2)cc1)N1CCN2CCC1CC2. The van der Waals surface area contributed by atoms with Crippen LogP contribution in [0.25, 0.3) is 11.3 Å². The molecule has 4 heteroatoms. The summed E-state index contributed by atoms with van der Waals surface area (Å²) in [5.74, 6) is 1.000. The maximum absolute atomic E-state index is 12.8. The van der Waals surface area contributed by atoms with Crippen LogP contribution in [-0.2, 0) is 0 Å². The molecular weight excluding hydrogens is 276 g/mol. The number of benzene rings is 1. The quantitative estimate of drug-likeness (QED) is 0.855. The van der Waals surface area contributed by atoms with Crippen LogP contribution in [0, 0.1) is 0 Å². The average Bonchev–Trinajstić information content (AvgIpc) is 2.95. The van der Waals surface area contributed by atoms with E-state index in [2.05, 4.69) is 9.80 Å². The Kier molecular flexibility index (Phi) is 3.47. The van der Waals surface area contributed by atoms with Gasteiger partial charge < -0.3 is 14.2 Å². The molecule has 0 radical (unpaired) electrons. The van der Waals surface area contributed by atoms with Gasteiger partial charge >= 0.3 is 0 Å². The van der Waals surface area contributed by atoms with Crippen molar-refractivity contribution < 1.29 is 9.21 Å². The molecule has 3 aliphatic rings. The smallest absolute Gasteiger partial charge is 0.254 e. The monoisotopic (exact) mass is 296 g/mol. The third-order valence-electron chi connectivity index (χ3n) is 4.85. The average molecular weight is 296 g/mol. The molecule has 3 saturated heterocycles. The van der Waals surface area contributed by atoms with Crippen LogP contribution in [0.4, 0.5) is 0 Å². The van der Waals surface area contributed by atoms with Crippen LogP contribution in [0.1, 0.15) is 23.2 Å². The first-order valence-electron chi connectivity index (χ1n) is 7.98. The summed E-state index contributed by atoms with van der Waals surface area (Å²) in [6, 6.07) is 12.0. The van der Waals surface area contributed by atoms with Gasteiger partial charge in [-0.1, -0.05) is 12.1 Å². The molecule has 0 unspecified atom stereocenters. The van der Waals surface area contributed by atoms with Crippen molar-refractivity contribution in [3.63, 3.8) is 0 Å². The van der Waals surface area contributed by atoms with Gasteiger partial charge in [0.15, 0.2) is 0 Å². The molecule has 2 bridgehead atoms. The lowest BCUT2D eigenvalue weighted by molar-refractivity contribution is 0.0685. The highest BCUT2D eigenvalue weighted by atomic mass is 16.3. The number of piperidine rings is 1. The van der Waals surface area contributed by atoms with Crippen LogP contribution < -0.4 is 0 Å². The predicted molar refractivity (Wildman–Crippen MR) is 84.6 cm³/mol. The normalized spacial score (nSPS) is 24.3. The zero-order valence-electron chi connectivity index (χ0n) is 12.6. The summed E-state index contributed by atoms with van der Waals surface area (Å²) in [4.78, 5) is 17.4. The number of carbonyl (C=O) groups excluding carboxylic acids is 1. The fraction of sp³-hybridized carbons (Fsp3) is 0.389. The zero-order valence-corrected chi connectivity index (χ0v) is 12.6. The van der Waals surface area contributed by atoms with Crippen molar-refractivity contribution in [2.45, 2.75) is 18.9 Å². The second kappa shape index (κ2) is 5.61. The van der Waals surface area contributed by atoms with E-state index in [0.717, 1.165) is 55.9 Å². The van der Waals surface area contributed by atoms with Gasteiger partial charge in [-0.3, -0.25) is 4.79 Å². The van der Waals surface area contributed by atoms with Gasteiger partial charge in [-0.2, -0.15) is 0 Å². The van der Waals surface area contributed by atoms with Crippen LogP contribution in [-0.4, -0.2) is 47.9 Å². The van der Waals surface area contributed by atoms with E-state index in [4.69, 9.17) is 4.42 Å². The van der Waals surface area contributed by atoms with Gasteiger partial charge in [0.25, 0.3) is 5.91 Å². The van der Waals surface area contributed by atoms with Crippen LogP contribution >= 0.6 is 0 Å². The Bertz CT molecular complexity index is 640. The van der Waals surface area contributed by atoms with Crippen molar-refractivity contribution in [1.29, 1.82) is 0 Å². The Morgan fingerprint density at radius 3 is 2.45 bits per heavy atom. The van der Waals surface area contributed by atoms with E-state index >= 15 is 0 Å². The first-order chi connectivity index (χ1) is 10.8. The predicted octanol–water partition coefficient (Wildman–Crippen LogP) is 2.87. The molecule has 22 heavy (non-hydrogen) atoms. The summed E-state index contributed by atoms with van der Waals surface area (Å²) < 4.78 is 5.39. The van der Waals surface area contributed by atoms with Crippen molar-refractivity contribution in [3.8, 4) is 11.3 Å². The highest BCUT2D eigenvalue weighted by Gasteiger charge is 2.32. The van der Waals surface area contributed by atoms with E-state index in [1.54, 1.807) is 6.26 Å². The number of carbonyl (C=O) groups is 1. The summed E-state index contributed by atoms with van der Waals surface area (Å²) in [5.41, 5.74) is 1.78. The molecule has 1 amide bonds. The van der Waals surface area contributed by atoms with E-state index in [9.17, 15) is 4.79 Å². The number of furan rings is 1. The minimum Gasteiger partial charge on any atom is -0.464 e. The second-order valence-corrected chi connectivity index (χ2v) is 6.13. The fourth-order valence-corrected chi connectivity index (χ4v) is 3.54. The highest BCUT2D eigenvalue weighted by molar-refractivity contribution is 5.95. The summed E-state index contributed by atoms with van der Waals surface area (Å²) in [6.07, 6.45) is 3.88. The topological polar surface area (TPSA) is 36.7 Å². The minimum atomic E-state index is 0.166. The summed E-state index contributed by atoms with van der Waals surface area (Å²) in [7, 11) is 0. The van der Waals surface area contributed by atoms with E-state index in [1.807, 2.05) is 36.4 Å². The minimum absolute atomic E-state index is 0.166. The van der Waals surface area contributed by atoms with Crippen molar-refractivity contribution in [1.82, 2.24) is 9.80 Å². The Hall–Kier alpha value is -2.07. The highest BCUT2D eigenvalue weighted by Crippen LogP contribution is 2.24. The van der Waals surface area contributed by atoms with Gasteiger partial charge in [0.1, 0.15) is 5.76 Å². The van der Waals surface area contributed by atoms with Crippen LogP contribution in [0.2, 0.25) is 0 Å². The molecule has 4 nitrogen and oxygen atoms in total. The third kappa shape index (κ3) is 2.44. The Morgan fingerprint density at radius 1 is 1.00 bits per heavy atom. The Balaban J connectivity index is 1.55. The summed E-state index contributed by atoms with van der Waals surface area (Å²) in [5, 5.41) is 0. The molecule has 1 aromatic heterocycles. The lowest BCUT2D eigenvalue weighted by atomic mass is 10.0. The molecular formula is C18H20N2O2. The first-order valence-corrected chi connectivity index (χ1v) is 7.98. The number of amides is 1. The number of hydrogen-bond donors (Lipinski definition) is 0. The zero-order chi connectivity index (χ0) is 14.9. The Labute approximate surface area is 130 Å². The van der Waals surface area contributed by atoms with E-state index in [0.29, 0.717) is 6.04 Å². The van der Waals surface area contributed by atoms with E-state index < -0.39 is 0 Å². The first kappa shape index (κ1) is 13.6. The van der Waals surface area contributed by atoms with Gasteiger partial charge in [-0.25, -0.2) is 0 Å². The standard InChI is InChI=1S/C18H20N2O2/c21-18(20-12-11-19-9-7-16(20)8-10-19)15-5-3-14(4-6-15)17-2-1-13-22-17/h1-6,13,16H,7-12H2. The number of rotatable bonds is 2. The summed E-state index contributed by atoms with van der Waals surface area (Å²) in [6.45, 7) is 4.12. The van der Waals surface area contributed by atoms with Gasteiger partial charge in [0.05, 0.1) is 6.26 Å². The molecule has 4 heterocycles. The van der Waals surface area contributed by atoms with Crippen molar-refractivity contribution in [3.05, 3.63) is 48.2 Å². The molecule has 0 N–H and O–H groups in total. The lowest BCUT2D eigenvalue weighted by Crippen LogP contribution is -2.41. The number of fused-ring (bicyclic) bond motifs is 4. The molecule has 2 aromatic rings.